The lowest BCUT2D eigenvalue weighted by molar-refractivity contribution is -0.124. The molecule has 3 unspecified atom stereocenters. The maximum absolute atomic E-state index is 13.1. The number of ether oxygens (including phenoxy) is 2. The molecule has 1 heterocycles. The Morgan fingerprint density at radius 2 is 1.89 bits per heavy atom. The number of unbranched alkanes of at least 4 members (excludes halogenated alkanes) is 2. The van der Waals surface area contributed by atoms with Gasteiger partial charge in [0.2, 0.25) is 5.91 Å². The highest BCUT2D eigenvalue weighted by Crippen LogP contribution is 2.43. The van der Waals surface area contributed by atoms with E-state index in [0.29, 0.717) is 18.4 Å². The van der Waals surface area contributed by atoms with Crippen LogP contribution in [-0.2, 0) is 4.79 Å². The summed E-state index contributed by atoms with van der Waals surface area (Å²) < 4.78 is 36.1. The van der Waals surface area contributed by atoms with Gasteiger partial charge >= 0.3 is 6.61 Å². The maximum Gasteiger partial charge on any atom is 0.387 e. The predicted octanol–water partition coefficient (Wildman–Crippen LogP) is 6.19. The summed E-state index contributed by atoms with van der Waals surface area (Å²) in [5.41, 5.74) is 4.34. The molecule has 2 aromatic carbocycles. The van der Waals surface area contributed by atoms with Crippen LogP contribution in [0.5, 0.6) is 11.5 Å². The molecule has 10 heteroatoms. The highest BCUT2D eigenvalue weighted by atomic mass is 32.2. The SMILES string of the molecule is CCCCCC(=O)NC(c1ccccc1)N1NC(=O)SC(CC)C1c1ccc(OC)c(OC(F)F)c1. The Balaban J connectivity index is 2.04. The third-order valence-corrected chi connectivity index (χ3v) is 7.18. The molecule has 0 saturated carbocycles. The normalized spacial score (nSPS) is 19.0. The number of benzene rings is 2. The summed E-state index contributed by atoms with van der Waals surface area (Å²) in [5.74, 6) is -0.0513. The zero-order valence-electron chi connectivity index (χ0n) is 20.7. The Labute approximate surface area is 214 Å². The van der Waals surface area contributed by atoms with E-state index < -0.39 is 18.8 Å². The number of amides is 2. The topological polar surface area (TPSA) is 79.9 Å². The maximum atomic E-state index is 13.1. The average molecular weight is 522 g/mol. The second-order valence-electron chi connectivity index (χ2n) is 8.44. The number of methoxy groups -OCH3 is 1. The van der Waals surface area contributed by atoms with Gasteiger partial charge in [0.05, 0.1) is 13.2 Å². The molecule has 2 N–H and O–H groups in total. The van der Waals surface area contributed by atoms with E-state index >= 15 is 0 Å². The van der Waals surface area contributed by atoms with Crippen molar-refractivity contribution >= 4 is 22.9 Å². The monoisotopic (exact) mass is 521 g/mol. The molecule has 0 aliphatic carbocycles. The van der Waals surface area contributed by atoms with E-state index in [2.05, 4.69) is 17.7 Å². The molecule has 2 aromatic rings. The Hall–Kier alpha value is -2.85. The third kappa shape index (κ3) is 7.10. The van der Waals surface area contributed by atoms with Crippen LogP contribution in [0.25, 0.3) is 0 Å². The zero-order valence-corrected chi connectivity index (χ0v) is 21.5. The number of hydrazine groups is 1. The molecule has 1 fully saturated rings. The zero-order chi connectivity index (χ0) is 26.1. The molecule has 36 heavy (non-hydrogen) atoms. The fourth-order valence-electron chi connectivity index (χ4n) is 4.26. The van der Waals surface area contributed by atoms with Crippen LogP contribution in [0, 0.1) is 0 Å². The lowest BCUT2D eigenvalue weighted by Gasteiger charge is -2.44. The summed E-state index contributed by atoms with van der Waals surface area (Å²) in [7, 11) is 1.38. The Morgan fingerprint density at radius 3 is 2.53 bits per heavy atom. The number of nitrogens with one attached hydrogen (secondary N) is 2. The summed E-state index contributed by atoms with van der Waals surface area (Å²) in [6.45, 7) is 1.01. The van der Waals surface area contributed by atoms with Crippen LogP contribution in [0.2, 0.25) is 0 Å². The van der Waals surface area contributed by atoms with Gasteiger partial charge in [0.15, 0.2) is 11.5 Å². The molecule has 2 amide bonds. The van der Waals surface area contributed by atoms with Crippen molar-refractivity contribution in [1.82, 2.24) is 15.8 Å². The lowest BCUT2D eigenvalue weighted by atomic mass is 9.98. The Bertz CT molecular complexity index is 1010. The number of carbonyl (C=O) groups is 2. The predicted molar refractivity (Wildman–Crippen MR) is 136 cm³/mol. The van der Waals surface area contributed by atoms with E-state index in [1.54, 1.807) is 17.1 Å². The van der Waals surface area contributed by atoms with Crippen molar-refractivity contribution in [3.05, 3.63) is 59.7 Å². The van der Waals surface area contributed by atoms with Crippen molar-refractivity contribution in [2.45, 2.75) is 70.0 Å². The van der Waals surface area contributed by atoms with Crippen LogP contribution in [0.4, 0.5) is 13.6 Å². The van der Waals surface area contributed by atoms with Crippen LogP contribution in [0.15, 0.2) is 48.5 Å². The number of halogens is 2. The van der Waals surface area contributed by atoms with E-state index in [4.69, 9.17) is 9.47 Å². The van der Waals surface area contributed by atoms with Crippen LogP contribution in [0.1, 0.15) is 69.3 Å². The average Bonchev–Trinajstić information content (AvgIpc) is 2.87. The summed E-state index contributed by atoms with van der Waals surface area (Å²) in [5, 5.41) is 4.33. The molecule has 1 saturated heterocycles. The van der Waals surface area contributed by atoms with Crippen LogP contribution < -0.4 is 20.2 Å². The number of hydrogen-bond donors (Lipinski definition) is 2. The van der Waals surface area contributed by atoms with E-state index in [-0.39, 0.29) is 27.9 Å². The van der Waals surface area contributed by atoms with E-state index in [1.165, 1.54) is 13.2 Å². The van der Waals surface area contributed by atoms with Gasteiger partial charge in [-0.1, -0.05) is 74.8 Å². The van der Waals surface area contributed by atoms with E-state index in [0.717, 1.165) is 36.6 Å². The number of nitrogens with zero attached hydrogens (tertiary/aromatic N) is 1. The number of alkyl halides is 2. The molecule has 1 aliphatic rings. The smallest absolute Gasteiger partial charge is 0.387 e. The number of carbonyl (C=O) groups excluding carboxylic acids is 2. The number of rotatable bonds is 12. The minimum atomic E-state index is -3.02. The van der Waals surface area contributed by atoms with Crippen LogP contribution in [0.3, 0.4) is 0 Å². The largest absolute Gasteiger partial charge is 0.493 e. The first-order valence-corrected chi connectivity index (χ1v) is 13.0. The first kappa shape index (κ1) is 27.7. The highest BCUT2D eigenvalue weighted by molar-refractivity contribution is 8.14. The first-order chi connectivity index (χ1) is 17.4. The van der Waals surface area contributed by atoms with Gasteiger partial charge in [-0.15, -0.1) is 0 Å². The standard InChI is InChI=1S/C26H33F2N3O4S/c1-4-6-8-13-22(32)29-24(17-11-9-7-10-12-17)31-23(21(5-2)36-26(33)30-31)18-14-15-19(34-3)20(16-18)35-25(27)28/h7,9-12,14-16,21,23-25H,4-6,8,13H2,1-3H3,(H,29,32)(H,30,33). The van der Waals surface area contributed by atoms with Gasteiger partial charge in [-0.3, -0.25) is 15.0 Å². The van der Waals surface area contributed by atoms with Gasteiger partial charge in [-0.25, -0.2) is 0 Å². The van der Waals surface area contributed by atoms with Crippen molar-refractivity contribution in [2.75, 3.05) is 7.11 Å². The summed E-state index contributed by atoms with van der Waals surface area (Å²) in [6.07, 6.45) is 3.02. The summed E-state index contributed by atoms with van der Waals surface area (Å²) >= 11 is 1.15. The summed E-state index contributed by atoms with van der Waals surface area (Å²) in [6, 6.07) is 13.7. The van der Waals surface area contributed by atoms with Crippen LogP contribution in [-0.4, -0.2) is 35.1 Å². The Kier molecular flexibility index (Phi) is 10.4. The van der Waals surface area contributed by atoms with Gasteiger partial charge < -0.3 is 14.8 Å². The molecule has 1 aliphatic heterocycles. The molecule has 0 radical (unpaired) electrons. The van der Waals surface area contributed by atoms with Crippen molar-refractivity contribution < 1.29 is 27.8 Å². The van der Waals surface area contributed by atoms with E-state index in [1.807, 2.05) is 37.3 Å². The molecule has 0 bridgehead atoms. The lowest BCUT2D eigenvalue weighted by Crippen LogP contribution is -2.56. The minimum Gasteiger partial charge on any atom is -0.493 e. The minimum absolute atomic E-state index is 0.0958. The van der Waals surface area contributed by atoms with E-state index in [9.17, 15) is 18.4 Å². The highest BCUT2D eigenvalue weighted by Gasteiger charge is 2.41. The van der Waals surface area contributed by atoms with Gasteiger partial charge in [0.25, 0.3) is 5.24 Å². The Morgan fingerprint density at radius 1 is 1.14 bits per heavy atom. The summed E-state index contributed by atoms with van der Waals surface area (Å²) in [4.78, 5) is 25.6. The number of hydrogen-bond acceptors (Lipinski definition) is 6. The molecule has 7 nitrogen and oxygen atoms in total. The molecule has 3 rings (SSSR count). The van der Waals surface area contributed by atoms with Crippen molar-refractivity contribution in [1.29, 1.82) is 0 Å². The third-order valence-electron chi connectivity index (χ3n) is 5.98. The molecule has 0 aromatic heterocycles. The second-order valence-corrected chi connectivity index (χ2v) is 9.65. The fourth-order valence-corrected chi connectivity index (χ4v) is 5.28. The van der Waals surface area contributed by atoms with Crippen molar-refractivity contribution in [2.24, 2.45) is 0 Å². The van der Waals surface area contributed by atoms with Crippen molar-refractivity contribution in [3.63, 3.8) is 0 Å². The molecule has 0 spiro atoms. The quantitative estimate of drug-likeness (QED) is 0.325. The molecular weight excluding hydrogens is 488 g/mol. The second kappa shape index (κ2) is 13.5. The first-order valence-electron chi connectivity index (χ1n) is 12.1. The molecular formula is C26H33F2N3O4S. The van der Waals surface area contributed by atoms with Gasteiger partial charge in [-0.2, -0.15) is 13.8 Å². The molecule has 196 valence electrons. The van der Waals surface area contributed by atoms with Crippen molar-refractivity contribution in [3.8, 4) is 11.5 Å². The van der Waals surface area contributed by atoms with Crippen LogP contribution >= 0.6 is 11.8 Å². The van der Waals surface area contributed by atoms with Gasteiger partial charge in [-0.05, 0) is 36.1 Å². The number of thioether (sulfide) groups is 1. The van der Waals surface area contributed by atoms with Gasteiger partial charge in [0, 0.05) is 11.7 Å². The van der Waals surface area contributed by atoms with Gasteiger partial charge in [0.1, 0.15) is 6.17 Å². The fraction of sp³-hybridized carbons (Fsp3) is 0.462. The molecule has 3 atom stereocenters.